The zero-order valence-electron chi connectivity index (χ0n) is 11.6. The van der Waals surface area contributed by atoms with Gasteiger partial charge in [-0.25, -0.2) is 0 Å². The van der Waals surface area contributed by atoms with Crippen LogP contribution in [0, 0.1) is 0 Å². The van der Waals surface area contributed by atoms with Crippen LogP contribution in [0.4, 0.5) is 0 Å². The van der Waals surface area contributed by atoms with E-state index in [1.807, 2.05) is 0 Å². The standard InChI is InChI=1S/C14H17ClN2O4/c1-17(9-13(19)20)12(18)3-2-8-16-14(21)10-4-6-11(15)7-5-10/h4-7H,2-3,8-9H2,1H3,(H,16,21)(H,19,20). The van der Waals surface area contributed by atoms with E-state index in [0.29, 0.717) is 23.6 Å². The molecule has 1 aromatic carbocycles. The van der Waals surface area contributed by atoms with E-state index in [9.17, 15) is 14.4 Å². The van der Waals surface area contributed by atoms with Crippen molar-refractivity contribution in [1.82, 2.24) is 10.2 Å². The SMILES string of the molecule is CN(CC(=O)O)C(=O)CCCNC(=O)c1ccc(Cl)cc1. The molecule has 7 heteroatoms. The molecule has 0 bridgehead atoms. The Kier molecular flexibility index (Phi) is 6.68. The average molecular weight is 313 g/mol. The molecule has 0 radical (unpaired) electrons. The Morgan fingerprint density at radius 2 is 1.86 bits per heavy atom. The minimum absolute atomic E-state index is 0.185. The van der Waals surface area contributed by atoms with Crippen LogP contribution in [0.25, 0.3) is 0 Å². The first kappa shape index (κ1) is 17.0. The number of hydrogen-bond donors (Lipinski definition) is 2. The lowest BCUT2D eigenvalue weighted by molar-refractivity contribution is -0.143. The van der Waals surface area contributed by atoms with Gasteiger partial charge in [0.2, 0.25) is 5.91 Å². The zero-order chi connectivity index (χ0) is 15.8. The minimum atomic E-state index is -1.05. The number of nitrogens with one attached hydrogen (secondary N) is 1. The summed E-state index contributed by atoms with van der Waals surface area (Å²) in [6.07, 6.45) is 0.632. The molecule has 2 amide bonds. The van der Waals surface area contributed by atoms with Crippen molar-refractivity contribution in [2.24, 2.45) is 0 Å². The molecule has 0 unspecified atom stereocenters. The number of likely N-dealkylation sites (N-methyl/N-ethyl adjacent to an activating group) is 1. The highest BCUT2D eigenvalue weighted by atomic mass is 35.5. The van der Waals surface area contributed by atoms with Gasteiger partial charge in [0.15, 0.2) is 0 Å². The van der Waals surface area contributed by atoms with Crippen LogP contribution in [-0.2, 0) is 9.59 Å². The van der Waals surface area contributed by atoms with Gasteiger partial charge in [-0.2, -0.15) is 0 Å². The van der Waals surface area contributed by atoms with Gasteiger partial charge >= 0.3 is 5.97 Å². The number of carboxylic acid groups (broad SMARTS) is 1. The molecule has 0 heterocycles. The maximum atomic E-state index is 11.8. The largest absolute Gasteiger partial charge is 0.480 e. The lowest BCUT2D eigenvalue weighted by Gasteiger charge is -2.14. The molecule has 0 aliphatic heterocycles. The van der Waals surface area contributed by atoms with Crippen molar-refractivity contribution >= 4 is 29.4 Å². The van der Waals surface area contributed by atoms with Gasteiger partial charge in [0.05, 0.1) is 0 Å². The van der Waals surface area contributed by atoms with Crippen molar-refractivity contribution < 1.29 is 19.5 Å². The molecule has 0 fully saturated rings. The third-order valence-electron chi connectivity index (χ3n) is 2.76. The van der Waals surface area contributed by atoms with Crippen molar-refractivity contribution in [2.75, 3.05) is 20.1 Å². The predicted molar refractivity (Wildman–Crippen MR) is 78.3 cm³/mol. The van der Waals surface area contributed by atoms with E-state index < -0.39 is 5.97 Å². The van der Waals surface area contributed by atoms with Gasteiger partial charge in [0.1, 0.15) is 6.54 Å². The molecule has 0 aliphatic carbocycles. The number of aliphatic carboxylic acids is 1. The minimum Gasteiger partial charge on any atom is -0.480 e. The van der Waals surface area contributed by atoms with E-state index in [1.54, 1.807) is 24.3 Å². The second kappa shape index (κ2) is 8.26. The normalized spacial score (nSPS) is 10.0. The summed E-state index contributed by atoms with van der Waals surface area (Å²) in [5, 5.41) is 11.8. The van der Waals surface area contributed by atoms with E-state index in [4.69, 9.17) is 16.7 Å². The Morgan fingerprint density at radius 3 is 2.43 bits per heavy atom. The first-order valence-electron chi connectivity index (χ1n) is 6.39. The molecule has 1 aromatic rings. The van der Waals surface area contributed by atoms with Crippen LogP contribution in [-0.4, -0.2) is 47.9 Å². The number of amides is 2. The van der Waals surface area contributed by atoms with Gasteiger partial charge in [0.25, 0.3) is 5.91 Å². The number of carbonyl (C=O) groups is 3. The van der Waals surface area contributed by atoms with Crippen LogP contribution in [0.2, 0.25) is 5.02 Å². The Morgan fingerprint density at radius 1 is 1.24 bits per heavy atom. The van der Waals surface area contributed by atoms with E-state index in [2.05, 4.69) is 5.32 Å². The van der Waals surface area contributed by atoms with Crippen LogP contribution in [0.1, 0.15) is 23.2 Å². The summed E-state index contributed by atoms with van der Waals surface area (Å²) in [6, 6.07) is 6.48. The van der Waals surface area contributed by atoms with Crippen molar-refractivity contribution in [3.05, 3.63) is 34.9 Å². The van der Waals surface area contributed by atoms with Crippen molar-refractivity contribution in [2.45, 2.75) is 12.8 Å². The Labute approximate surface area is 127 Å². The summed E-state index contributed by atoms with van der Waals surface area (Å²) in [4.78, 5) is 34.9. The number of hydrogen-bond acceptors (Lipinski definition) is 3. The van der Waals surface area contributed by atoms with Crippen LogP contribution >= 0.6 is 11.6 Å². The number of carboxylic acids is 1. The van der Waals surface area contributed by atoms with E-state index >= 15 is 0 Å². The van der Waals surface area contributed by atoms with Gasteiger partial charge in [-0.1, -0.05) is 11.6 Å². The number of carbonyl (C=O) groups excluding carboxylic acids is 2. The molecule has 0 aliphatic rings. The molecule has 21 heavy (non-hydrogen) atoms. The average Bonchev–Trinajstić information content (AvgIpc) is 2.43. The van der Waals surface area contributed by atoms with Crippen LogP contribution in [0.3, 0.4) is 0 Å². The Hall–Kier alpha value is -2.08. The Balaban J connectivity index is 2.27. The quantitative estimate of drug-likeness (QED) is 0.745. The third-order valence-corrected chi connectivity index (χ3v) is 3.01. The molecule has 1 rings (SSSR count). The van der Waals surface area contributed by atoms with E-state index in [1.165, 1.54) is 7.05 Å². The summed E-state index contributed by atoms with van der Waals surface area (Å²) >= 11 is 5.73. The molecular formula is C14H17ClN2O4. The smallest absolute Gasteiger partial charge is 0.323 e. The fraction of sp³-hybridized carbons (Fsp3) is 0.357. The van der Waals surface area contributed by atoms with Gasteiger partial charge < -0.3 is 15.3 Å². The molecule has 0 spiro atoms. The molecule has 6 nitrogen and oxygen atoms in total. The summed E-state index contributed by atoms with van der Waals surface area (Å²) in [7, 11) is 1.43. The molecule has 0 saturated heterocycles. The molecule has 0 aromatic heterocycles. The van der Waals surface area contributed by atoms with Crippen LogP contribution < -0.4 is 5.32 Å². The van der Waals surface area contributed by atoms with Crippen molar-refractivity contribution in [3.8, 4) is 0 Å². The molecule has 0 saturated carbocycles. The van der Waals surface area contributed by atoms with Gasteiger partial charge in [-0.05, 0) is 30.7 Å². The van der Waals surface area contributed by atoms with Crippen LogP contribution in [0.5, 0.6) is 0 Å². The number of rotatable bonds is 7. The molecule has 0 atom stereocenters. The van der Waals surface area contributed by atoms with Gasteiger partial charge in [0, 0.05) is 30.6 Å². The highest BCUT2D eigenvalue weighted by molar-refractivity contribution is 6.30. The summed E-state index contributed by atoms with van der Waals surface area (Å²) in [5.41, 5.74) is 0.494. The summed E-state index contributed by atoms with van der Waals surface area (Å²) in [6.45, 7) is 0.0179. The highest BCUT2D eigenvalue weighted by Crippen LogP contribution is 2.09. The molecular weight excluding hydrogens is 296 g/mol. The highest BCUT2D eigenvalue weighted by Gasteiger charge is 2.11. The third kappa shape index (κ3) is 6.27. The number of benzene rings is 1. The van der Waals surface area contributed by atoms with Crippen molar-refractivity contribution in [3.63, 3.8) is 0 Å². The van der Waals surface area contributed by atoms with Gasteiger partial charge in [-0.15, -0.1) is 0 Å². The van der Waals surface area contributed by atoms with E-state index in [-0.39, 0.29) is 24.8 Å². The second-order valence-electron chi connectivity index (χ2n) is 4.51. The van der Waals surface area contributed by atoms with Gasteiger partial charge in [-0.3, -0.25) is 14.4 Å². The lowest BCUT2D eigenvalue weighted by Crippen LogP contribution is -2.32. The first-order chi connectivity index (χ1) is 9.90. The van der Waals surface area contributed by atoms with Crippen LogP contribution in [0.15, 0.2) is 24.3 Å². The second-order valence-corrected chi connectivity index (χ2v) is 4.95. The number of halogens is 1. The maximum absolute atomic E-state index is 11.8. The lowest BCUT2D eigenvalue weighted by atomic mass is 10.2. The topological polar surface area (TPSA) is 86.7 Å². The predicted octanol–water partition coefficient (Wildman–Crippen LogP) is 1.39. The molecule has 2 N–H and O–H groups in total. The summed E-state index contributed by atoms with van der Waals surface area (Å²) in [5.74, 6) is -1.56. The fourth-order valence-corrected chi connectivity index (χ4v) is 1.75. The van der Waals surface area contributed by atoms with E-state index in [0.717, 1.165) is 4.90 Å². The first-order valence-corrected chi connectivity index (χ1v) is 6.77. The summed E-state index contributed by atoms with van der Waals surface area (Å²) < 4.78 is 0. The maximum Gasteiger partial charge on any atom is 0.323 e. The Bertz CT molecular complexity index is 516. The van der Waals surface area contributed by atoms with Crippen molar-refractivity contribution in [1.29, 1.82) is 0 Å². The fourth-order valence-electron chi connectivity index (χ4n) is 1.63. The number of nitrogens with zero attached hydrogens (tertiary/aromatic N) is 1. The monoisotopic (exact) mass is 312 g/mol. The molecule has 114 valence electrons. The zero-order valence-corrected chi connectivity index (χ0v) is 12.4.